The Morgan fingerprint density at radius 1 is 1.48 bits per heavy atom. The van der Waals surface area contributed by atoms with Crippen LogP contribution >= 0.6 is 0 Å². The van der Waals surface area contributed by atoms with Crippen LogP contribution in [0.5, 0.6) is 0 Å². The minimum absolute atomic E-state index is 0.178. The molecule has 124 valence electrons. The van der Waals surface area contributed by atoms with Crippen molar-refractivity contribution in [2.24, 2.45) is 0 Å². The molecule has 0 bridgehead atoms. The standard InChI is InChI=1S/C16H32N2O3/c1-5-17-16(2,15(19)20-4)10-8-11-18(3)13-14-9-6-7-12-21-14/h14,17H,5-13H2,1-4H3. The topological polar surface area (TPSA) is 50.8 Å². The van der Waals surface area contributed by atoms with Crippen molar-refractivity contribution in [2.75, 3.05) is 40.4 Å². The fraction of sp³-hybridized carbons (Fsp3) is 0.938. The summed E-state index contributed by atoms with van der Waals surface area (Å²) in [5.74, 6) is -0.178. The van der Waals surface area contributed by atoms with Crippen LogP contribution in [0.15, 0.2) is 0 Å². The summed E-state index contributed by atoms with van der Waals surface area (Å²) in [6.45, 7) is 7.55. The van der Waals surface area contributed by atoms with Crippen molar-refractivity contribution in [2.45, 2.75) is 57.6 Å². The normalized spacial score (nSPS) is 22.0. The number of esters is 1. The fourth-order valence-electron chi connectivity index (χ4n) is 2.97. The van der Waals surface area contributed by atoms with Crippen LogP contribution in [0.4, 0.5) is 0 Å². The molecule has 0 radical (unpaired) electrons. The van der Waals surface area contributed by atoms with Crippen LogP contribution in [0.3, 0.4) is 0 Å². The van der Waals surface area contributed by atoms with Crippen LogP contribution in [0, 0.1) is 0 Å². The Balaban J connectivity index is 2.30. The van der Waals surface area contributed by atoms with Crippen LogP contribution in [0.2, 0.25) is 0 Å². The molecular weight excluding hydrogens is 268 g/mol. The molecule has 1 rings (SSSR count). The Morgan fingerprint density at radius 2 is 2.24 bits per heavy atom. The Bertz CT molecular complexity index is 306. The fourth-order valence-corrected chi connectivity index (χ4v) is 2.97. The molecule has 0 spiro atoms. The van der Waals surface area contributed by atoms with Gasteiger partial charge in [0.15, 0.2) is 0 Å². The van der Waals surface area contributed by atoms with Gasteiger partial charge in [-0.1, -0.05) is 6.92 Å². The van der Waals surface area contributed by atoms with Crippen molar-refractivity contribution < 1.29 is 14.3 Å². The van der Waals surface area contributed by atoms with Crippen molar-refractivity contribution >= 4 is 5.97 Å². The molecule has 0 amide bonds. The third kappa shape index (κ3) is 6.32. The highest BCUT2D eigenvalue weighted by atomic mass is 16.5. The molecule has 1 heterocycles. The summed E-state index contributed by atoms with van der Waals surface area (Å²) in [6, 6.07) is 0. The van der Waals surface area contributed by atoms with Crippen LogP contribution in [-0.4, -0.2) is 62.9 Å². The second kappa shape index (κ2) is 9.38. The van der Waals surface area contributed by atoms with Gasteiger partial charge < -0.3 is 19.7 Å². The predicted molar refractivity (Wildman–Crippen MR) is 84.4 cm³/mol. The molecule has 0 aromatic rings. The molecule has 1 saturated heterocycles. The number of ether oxygens (including phenoxy) is 2. The van der Waals surface area contributed by atoms with Gasteiger partial charge in [-0.3, -0.25) is 4.79 Å². The summed E-state index contributed by atoms with van der Waals surface area (Å²) in [6.07, 6.45) is 5.76. The first kappa shape index (κ1) is 18.4. The number of nitrogens with zero attached hydrogens (tertiary/aromatic N) is 1. The van der Waals surface area contributed by atoms with Crippen molar-refractivity contribution in [1.29, 1.82) is 0 Å². The summed E-state index contributed by atoms with van der Waals surface area (Å²) < 4.78 is 10.7. The van der Waals surface area contributed by atoms with Gasteiger partial charge in [0, 0.05) is 13.2 Å². The maximum atomic E-state index is 11.9. The molecule has 2 atom stereocenters. The Hall–Kier alpha value is -0.650. The van der Waals surface area contributed by atoms with Crippen LogP contribution < -0.4 is 5.32 Å². The second-order valence-electron chi connectivity index (χ2n) is 6.21. The van der Waals surface area contributed by atoms with E-state index in [9.17, 15) is 4.79 Å². The van der Waals surface area contributed by atoms with E-state index in [-0.39, 0.29) is 5.97 Å². The quantitative estimate of drug-likeness (QED) is 0.658. The first-order valence-electron chi connectivity index (χ1n) is 8.15. The van der Waals surface area contributed by atoms with Crippen molar-refractivity contribution in [1.82, 2.24) is 10.2 Å². The van der Waals surface area contributed by atoms with Crippen molar-refractivity contribution in [3.05, 3.63) is 0 Å². The lowest BCUT2D eigenvalue weighted by molar-refractivity contribution is -0.148. The zero-order valence-corrected chi connectivity index (χ0v) is 14.1. The monoisotopic (exact) mass is 300 g/mol. The van der Waals surface area contributed by atoms with E-state index in [2.05, 4.69) is 17.3 Å². The lowest BCUT2D eigenvalue weighted by Crippen LogP contribution is -2.50. The van der Waals surface area contributed by atoms with E-state index in [0.717, 1.165) is 39.1 Å². The third-order valence-electron chi connectivity index (χ3n) is 4.21. The van der Waals surface area contributed by atoms with Gasteiger partial charge in [-0.25, -0.2) is 0 Å². The smallest absolute Gasteiger partial charge is 0.325 e. The summed E-state index contributed by atoms with van der Waals surface area (Å²) in [4.78, 5) is 14.2. The number of carbonyl (C=O) groups is 1. The van der Waals surface area contributed by atoms with Gasteiger partial charge in [-0.2, -0.15) is 0 Å². The molecule has 0 aromatic heterocycles. The zero-order chi connectivity index (χ0) is 15.7. The first-order chi connectivity index (χ1) is 10.0. The van der Waals surface area contributed by atoms with Gasteiger partial charge in [0.2, 0.25) is 0 Å². The average Bonchev–Trinajstić information content (AvgIpc) is 2.47. The molecule has 1 N–H and O–H groups in total. The summed E-state index contributed by atoms with van der Waals surface area (Å²) in [5.41, 5.74) is -0.578. The predicted octanol–water partition coefficient (Wildman–Crippen LogP) is 1.81. The average molecular weight is 300 g/mol. The maximum Gasteiger partial charge on any atom is 0.325 e. The van der Waals surface area contributed by atoms with Gasteiger partial charge in [-0.15, -0.1) is 0 Å². The number of rotatable bonds is 9. The van der Waals surface area contributed by atoms with Gasteiger partial charge in [-0.05, 0) is 59.2 Å². The molecule has 1 aliphatic heterocycles. The second-order valence-corrected chi connectivity index (χ2v) is 6.21. The summed E-state index contributed by atoms with van der Waals surface area (Å²) in [5, 5.41) is 3.25. The van der Waals surface area contributed by atoms with Gasteiger partial charge in [0.25, 0.3) is 0 Å². The molecule has 1 fully saturated rings. The number of hydrogen-bond acceptors (Lipinski definition) is 5. The first-order valence-corrected chi connectivity index (χ1v) is 8.15. The minimum atomic E-state index is -0.578. The van der Waals surface area contributed by atoms with Crippen LogP contribution in [0.25, 0.3) is 0 Å². The van der Waals surface area contributed by atoms with E-state index >= 15 is 0 Å². The van der Waals surface area contributed by atoms with E-state index in [1.54, 1.807) is 0 Å². The van der Waals surface area contributed by atoms with Crippen LogP contribution in [0.1, 0.15) is 46.0 Å². The summed E-state index contributed by atoms with van der Waals surface area (Å²) in [7, 11) is 3.57. The summed E-state index contributed by atoms with van der Waals surface area (Å²) >= 11 is 0. The number of hydrogen-bond donors (Lipinski definition) is 1. The van der Waals surface area contributed by atoms with Crippen molar-refractivity contribution in [3.8, 4) is 0 Å². The molecule has 1 aliphatic rings. The lowest BCUT2D eigenvalue weighted by Gasteiger charge is -2.30. The van der Waals surface area contributed by atoms with Crippen LogP contribution in [-0.2, 0) is 14.3 Å². The SMILES string of the molecule is CCNC(C)(CCCN(C)CC1CCCCO1)C(=O)OC. The molecule has 5 heteroatoms. The zero-order valence-electron chi connectivity index (χ0n) is 14.1. The van der Waals surface area contributed by atoms with E-state index in [0.29, 0.717) is 6.10 Å². The van der Waals surface area contributed by atoms with E-state index < -0.39 is 5.54 Å². The van der Waals surface area contributed by atoms with Gasteiger partial charge >= 0.3 is 5.97 Å². The van der Waals surface area contributed by atoms with E-state index in [1.807, 2.05) is 13.8 Å². The van der Waals surface area contributed by atoms with E-state index in [4.69, 9.17) is 9.47 Å². The van der Waals surface area contributed by atoms with Crippen molar-refractivity contribution in [3.63, 3.8) is 0 Å². The number of likely N-dealkylation sites (N-methyl/N-ethyl adjacent to an activating group) is 2. The molecule has 0 saturated carbocycles. The molecule has 0 aromatic carbocycles. The molecular formula is C16H32N2O3. The molecule has 21 heavy (non-hydrogen) atoms. The molecule has 5 nitrogen and oxygen atoms in total. The largest absolute Gasteiger partial charge is 0.468 e. The Morgan fingerprint density at radius 3 is 2.81 bits per heavy atom. The molecule has 2 unspecified atom stereocenters. The highest BCUT2D eigenvalue weighted by Crippen LogP contribution is 2.16. The molecule has 0 aliphatic carbocycles. The number of carbonyl (C=O) groups excluding carboxylic acids is 1. The number of methoxy groups -OCH3 is 1. The van der Waals surface area contributed by atoms with E-state index in [1.165, 1.54) is 26.4 Å². The Kier molecular flexibility index (Phi) is 8.22. The highest BCUT2D eigenvalue weighted by Gasteiger charge is 2.32. The minimum Gasteiger partial charge on any atom is -0.468 e. The highest BCUT2D eigenvalue weighted by molar-refractivity contribution is 5.80. The van der Waals surface area contributed by atoms with Gasteiger partial charge in [0.05, 0.1) is 13.2 Å². The third-order valence-corrected chi connectivity index (χ3v) is 4.21. The number of nitrogens with one attached hydrogen (secondary N) is 1. The lowest BCUT2D eigenvalue weighted by atomic mass is 9.95. The Labute approximate surface area is 129 Å². The maximum absolute atomic E-state index is 11.9. The van der Waals surface area contributed by atoms with Gasteiger partial charge in [0.1, 0.15) is 5.54 Å².